The molecule has 2 amide bonds. The molecule has 19 heavy (non-hydrogen) atoms. The third kappa shape index (κ3) is 5.89. The highest BCUT2D eigenvalue weighted by molar-refractivity contribution is 5.86. The summed E-state index contributed by atoms with van der Waals surface area (Å²) >= 11 is 0. The maximum absolute atomic E-state index is 11.5. The Morgan fingerprint density at radius 1 is 1.26 bits per heavy atom. The number of nitrogens with one attached hydrogen (secondary N) is 2. The highest BCUT2D eigenvalue weighted by Gasteiger charge is 2.23. The fourth-order valence-corrected chi connectivity index (χ4v) is 1.86. The average Bonchev–Trinajstić information content (AvgIpc) is 2.36. The van der Waals surface area contributed by atoms with E-state index in [0.717, 1.165) is 19.3 Å². The SMILES string of the molecule is O=C(O)C[C@H](NC(=O)NCC1CC=CCC1)C(=O)O. The topological polar surface area (TPSA) is 116 Å². The molecule has 1 rings (SSSR count). The summed E-state index contributed by atoms with van der Waals surface area (Å²) in [6.45, 7) is 0.454. The van der Waals surface area contributed by atoms with Crippen LogP contribution in [-0.2, 0) is 9.59 Å². The van der Waals surface area contributed by atoms with Crippen molar-refractivity contribution in [3.63, 3.8) is 0 Å². The van der Waals surface area contributed by atoms with Gasteiger partial charge < -0.3 is 20.8 Å². The molecule has 0 bridgehead atoms. The fraction of sp³-hybridized carbons (Fsp3) is 0.583. The quantitative estimate of drug-likeness (QED) is 0.527. The molecule has 0 aromatic heterocycles. The highest BCUT2D eigenvalue weighted by Crippen LogP contribution is 2.16. The van der Waals surface area contributed by atoms with Crippen molar-refractivity contribution in [3.05, 3.63) is 12.2 Å². The molecule has 4 N–H and O–H groups in total. The molecule has 1 aliphatic carbocycles. The maximum Gasteiger partial charge on any atom is 0.326 e. The van der Waals surface area contributed by atoms with E-state index < -0.39 is 30.4 Å². The van der Waals surface area contributed by atoms with E-state index >= 15 is 0 Å². The van der Waals surface area contributed by atoms with Crippen molar-refractivity contribution >= 4 is 18.0 Å². The van der Waals surface area contributed by atoms with Gasteiger partial charge in [0.05, 0.1) is 6.42 Å². The lowest BCUT2D eigenvalue weighted by molar-refractivity contribution is -0.145. The number of carboxylic acids is 2. The molecule has 7 nitrogen and oxygen atoms in total. The number of amides is 2. The van der Waals surface area contributed by atoms with Crippen molar-refractivity contribution in [2.24, 2.45) is 5.92 Å². The number of rotatable bonds is 6. The Kier molecular flexibility index (Phi) is 5.84. The molecule has 0 radical (unpaired) electrons. The minimum Gasteiger partial charge on any atom is -0.481 e. The number of carboxylic acid groups (broad SMARTS) is 2. The molecule has 0 aromatic carbocycles. The molecule has 1 unspecified atom stereocenters. The largest absolute Gasteiger partial charge is 0.481 e. The minimum atomic E-state index is -1.41. The summed E-state index contributed by atoms with van der Waals surface area (Å²) < 4.78 is 0. The fourth-order valence-electron chi connectivity index (χ4n) is 1.86. The Bertz CT molecular complexity index is 380. The number of carbonyl (C=O) groups is 3. The van der Waals surface area contributed by atoms with E-state index in [0.29, 0.717) is 12.5 Å². The van der Waals surface area contributed by atoms with Gasteiger partial charge in [-0.25, -0.2) is 9.59 Å². The van der Waals surface area contributed by atoms with Gasteiger partial charge in [-0.05, 0) is 25.2 Å². The van der Waals surface area contributed by atoms with Crippen LogP contribution in [0, 0.1) is 5.92 Å². The van der Waals surface area contributed by atoms with Crippen molar-refractivity contribution in [2.45, 2.75) is 31.7 Å². The third-order valence-electron chi connectivity index (χ3n) is 2.91. The second-order valence-electron chi connectivity index (χ2n) is 4.49. The van der Waals surface area contributed by atoms with E-state index in [9.17, 15) is 14.4 Å². The third-order valence-corrected chi connectivity index (χ3v) is 2.91. The monoisotopic (exact) mass is 270 g/mol. The summed E-state index contributed by atoms with van der Waals surface area (Å²) in [5, 5.41) is 22.0. The van der Waals surface area contributed by atoms with E-state index in [4.69, 9.17) is 10.2 Å². The van der Waals surface area contributed by atoms with Crippen molar-refractivity contribution < 1.29 is 24.6 Å². The van der Waals surface area contributed by atoms with Crippen molar-refractivity contribution in [1.29, 1.82) is 0 Å². The number of allylic oxidation sites excluding steroid dienone is 2. The first-order valence-electron chi connectivity index (χ1n) is 6.13. The first kappa shape index (κ1) is 15.0. The van der Waals surface area contributed by atoms with E-state index in [1.165, 1.54) is 0 Å². The van der Waals surface area contributed by atoms with Gasteiger partial charge in [0.2, 0.25) is 0 Å². The van der Waals surface area contributed by atoms with E-state index in [-0.39, 0.29) is 0 Å². The number of carbonyl (C=O) groups excluding carboxylic acids is 1. The molecule has 0 fully saturated rings. The van der Waals surface area contributed by atoms with Crippen LogP contribution in [-0.4, -0.2) is 40.8 Å². The zero-order chi connectivity index (χ0) is 14.3. The van der Waals surface area contributed by atoms with Crippen molar-refractivity contribution in [2.75, 3.05) is 6.54 Å². The van der Waals surface area contributed by atoms with Gasteiger partial charge in [-0.2, -0.15) is 0 Å². The molecule has 0 saturated carbocycles. The van der Waals surface area contributed by atoms with Gasteiger partial charge in [0.15, 0.2) is 0 Å². The Hall–Kier alpha value is -2.05. The zero-order valence-electron chi connectivity index (χ0n) is 10.5. The zero-order valence-corrected chi connectivity index (χ0v) is 10.5. The second kappa shape index (κ2) is 7.40. The van der Waals surface area contributed by atoms with Gasteiger partial charge in [0.25, 0.3) is 0 Å². The van der Waals surface area contributed by atoms with Crippen LogP contribution < -0.4 is 10.6 Å². The summed E-state index contributed by atoms with van der Waals surface area (Å²) in [5.74, 6) is -2.29. The summed E-state index contributed by atoms with van der Waals surface area (Å²) in [6.07, 6.45) is 6.34. The van der Waals surface area contributed by atoms with Crippen molar-refractivity contribution in [3.8, 4) is 0 Å². The summed E-state index contributed by atoms with van der Waals surface area (Å²) in [4.78, 5) is 32.7. The minimum absolute atomic E-state index is 0.346. The lowest BCUT2D eigenvalue weighted by atomic mass is 9.94. The van der Waals surface area contributed by atoms with Crippen LogP contribution in [0.1, 0.15) is 25.7 Å². The summed E-state index contributed by atoms with van der Waals surface area (Å²) in [7, 11) is 0. The smallest absolute Gasteiger partial charge is 0.326 e. The van der Waals surface area contributed by atoms with Gasteiger partial charge >= 0.3 is 18.0 Å². The molecule has 1 aliphatic rings. The Morgan fingerprint density at radius 3 is 2.53 bits per heavy atom. The number of urea groups is 1. The number of hydrogen-bond donors (Lipinski definition) is 4. The number of aliphatic carboxylic acids is 2. The van der Waals surface area contributed by atoms with E-state index in [1.54, 1.807) is 0 Å². The summed E-state index contributed by atoms with van der Waals surface area (Å²) in [6, 6.07) is -2.06. The Labute approximate surface area is 110 Å². The lowest BCUT2D eigenvalue weighted by Gasteiger charge is -2.19. The van der Waals surface area contributed by atoms with E-state index in [2.05, 4.69) is 22.8 Å². The van der Waals surface area contributed by atoms with Crippen LogP contribution in [0.25, 0.3) is 0 Å². The van der Waals surface area contributed by atoms with Crippen LogP contribution >= 0.6 is 0 Å². The van der Waals surface area contributed by atoms with Crippen LogP contribution in [0.2, 0.25) is 0 Å². The first-order valence-corrected chi connectivity index (χ1v) is 6.13. The number of hydrogen-bond acceptors (Lipinski definition) is 3. The van der Waals surface area contributed by atoms with Crippen molar-refractivity contribution in [1.82, 2.24) is 10.6 Å². The normalized spacial score (nSPS) is 19.5. The first-order chi connectivity index (χ1) is 8.99. The Morgan fingerprint density at radius 2 is 2.00 bits per heavy atom. The molecule has 0 heterocycles. The van der Waals surface area contributed by atoms with Crippen LogP contribution in [0.4, 0.5) is 4.79 Å². The standard InChI is InChI=1S/C12H18N2O5/c15-10(16)6-9(11(17)18)14-12(19)13-7-8-4-2-1-3-5-8/h1-2,8-9H,3-7H2,(H,15,16)(H,17,18)(H2,13,14,19)/t8?,9-/m0/s1. The van der Waals surface area contributed by atoms with Gasteiger partial charge in [0, 0.05) is 6.54 Å². The Balaban J connectivity index is 2.33. The average molecular weight is 270 g/mol. The molecular formula is C12H18N2O5. The molecule has 0 saturated heterocycles. The van der Waals surface area contributed by atoms with E-state index in [1.807, 2.05) is 0 Å². The predicted molar refractivity (Wildman–Crippen MR) is 66.7 cm³/mol. The molecule has 7 heteroatoms. The van der Waals surface area contributed by atoms with Gasteiger partial charge in [-0.15, -0.1) is 0 Å². The molecule has 0 aromatic rings. The van der Waals surface area contributed by atoms with Crippen LogP contribution in [0.5, 0.6) is 0 Å². The van der Waals surface area contributed by atoms with Gasteiger partial charge in [0.1, 0.15) is 6.04 Å². The lowest BCUT2D eigenvalue weighted by Crippen LogP contribution is -2.47. The molecule has 106 valence electrons. The maximum atomic E-state index is 11.5. The summed E-state index contributed by atoms with van der Waals surface area (Å²) in [5.41, 5.74) is 0. The molecule has 0 aliphatic heterocycles. The molecular weight excluding hydrogens is 252 g/mol. The highest BCUT2D eigenvalue weighted by atomic mass is 16.4. The molecule has 2 atom stereocenters. The second-order valence-corrected chi connectivity index (χ2v) is 4.49. The molecule has 0 spiro atoms. The van der Waals surface area contributed by atoms with Crippen LogP contribution in [0.3, 0.4) is 0 Å². The van der Waals surface area contributed by atoms with Crippen LogP contribution in [0.15, 0.2) is 12.2 Å². The van der Waals surface area contributed by atoms with Gasteiger partial charge in [-0.3, -0.25) is 4.79 Å². The predicted octanol–water partition coefficient (Wildman–Crippen LogP) is 0.570. The van der Waals surface area contributed by atoms with Gasteiger partial charge in [-0.1, -0.05) is 12.2 Å².